The maximum absolute atomic E-state index is 12.2. The van der Waals surface area contributed by atoms with Crippen LogP contribution in [0.25, 0.3) is 0 Å². The first-order valence-corrected chi connectivity index (χ1v) is 5.75. The minimum Gasteiger partial charge on any atom is -0.395 e. The van der Waals surface area contributed by atoms with Gasteiger partial charge in [0.25, 0.3) is 5.91 Å². The Hall–Kier alpha value is -2.05. The maximum Gasteiger partial charge on any atom is 0.276 e. The molecule has 7 heteroatoms. The number of anilines is 1. The summed E-state index contributed by atoms with van der Waals surface area (Å²) < 4.78 is 0. The minimum atomic E-state index is -0.657. The van der Waals surface area contributed by atoms with Gasteiger partial charge < -0.3 is 16.4 Å². The summed E-state index contributed by atoms with van der Waals surface area (Å²) in [5.74, 6) is -0.647. The number of hydrogen-bond donors (Lipinski definition) is 3. The van der Waals surface area contributed by atoms with Gasteiger partial charge in [-0.3, -0.25) is 14.7 Å². The number of carbonyl (C=O) groups excluding carboxylic acids is 2. The molecule has 0 bridgehead atoms. The number of nitrogens with two attached hydrogens (primary N) is 2. The van der Waals surface area contributed by atoms with Crippen LogP contribution in [-0.4, -0.2) is 40.0 Å². The molecule has 1 fully saturated rings. The molecule has 98 valence electrons. The molecule has 0 aliphatic carbocycles. The first-order valence-electron chi connectivity index (χ1n) is 5.75. The number of hydrogen-bond acceptors (Lipinski definition) is 4. The highest BCUT2D eigenvalue weighted by Crippen LogP contribution is 2.30. The van der Waals surface area contributed by atoms with Crippen LogP contribution in [0.5, 0.6) is 0 Å². The predicted molar refractivity (Wildman–Crippen MR) is 65.6 cm³/mol. The Labute approximate surface area is 105 Å². The first kappa shape index (κ1) is 12.4. The van der Waals surface area contributed by atoms with Crippen LogP contribution in [0.4, 0.5) is 5.69 Å². The van der Waals surface area contributed by atoms with E-state index in [1.807, 2.05) is 0 Å². The van der Waals surface area contributed by atoms with E-state index in [1.165, 1.54) is 0 Å². The fourth-order valence-corrected chi connectivity index (χ4v) is 2.09. The molecular weight excluding hydrogens is 234 g/mol. The molecule has 1 aromatic heterocycles. The van der Waals surface area contributed by atoms with Gasteiger partial charge in [-0.15, -0.1) is 0 Å². The van der Waals surface area contributed by atoms with Crippen LogP contribution >= 0.6 is 0 Å². The van der Waals surface area contributed by atoms with E-state index in [0.29, 0.717) is 30.9 Å². The van der Waals surface area contributed by atoms with Crippen molar-refractivity contribution in [2.24, 2.45) is 11.1 Å². The number of nitrogens with one attached hydrogen (secondary N) is 1. The molecule has 7 nitrogen and oxygen atoms in total. The highest BCUT2D eigenvalue weighted by atomic mass is 16.2. The number of rotatable bonds is 2. The molecular formula is C11H17N5O2. The zero-order chi connectivity index (χ0) is 13.5. The van der Waals surface area contributed by atoms with Crippen LogP contribution in [0.15, 0.2) is 0 Å². The van der Waals surface area contributed by atoms with Crippen molar-refractivity contribution in [3.63, 3.8) is 0 Å². The van der Waals surface area contributed by atoms with E-state index in [4.69, 9.17) is 11.5 Å². The number of H-pyrrole nitrogens is 1. The van der Waals surface area contributed by atoms with Gasteiger partial charge in [0.05, 0.1) is 16.8 Å². The second kappa shape index (κ2) is 4.01. The summed E-state index contributed by atoms with van der Waals surface area (Å²) in [5.41, 5.74) is 11.7. The number of nitrogen functional groups attached to an aromatic ring is 1. The Balaban J connectivity index is 2.18. The van der Waals surface area contributed by atoms with Crippen molar-refractivity contribution in [2.75, 3.05) is 18.8 Å². The van der Waals surface area contributed by atoms with Crippen LogP contribution in [0, 0.1) is 12.3 Å². The molecule has 0 saturated carbocycles. The smallest absolute Gasteiger partial charge is 0.276 e. The monoisotopic (exact) mass is 251 g/mol. The highest BCUT2D eigenvalue weighted by Gasteiger charge is 2.41. The fourth-order valence-electron chi connectivity index (χ4n) is 2.09. The molecule has 2 amide bonds. The van der Waals surface area contributed by atoms with Crippen molar-refractivity contribution in [3.05, 3.63) is 11.4 Å². The lowest BCUT2D eigenvalue weighted by molar-refractivity contribution is -0.126. The van der Waals surface area contributed by atoms with Gasteiger partial charge in [0, 0.05) is 13.1 Å². The van der Waals surface area contributed by atoms with Crippen molar-refractivity contribution < 1.29 is 9.59 Å². The van der Waals surface area contributed by atoms with E-state index in [9.17, 15) is 9.59 Å². The molecule has 5 N–H and O–H groups in total. The molecule has 2 rings (SSSR count). The summed E-state index contributed by atoms with van der Waals surface area (Å²) >= 11 is 0. The summed E-state index contributed by atoms with van der Waals surface area (Å²) in [6.45, 7) is 4.31. The summed E-state index contributed by atoms with van der Waals surface area (Å²) in [7, 11) is 0. The van der Waals surface area contributed by atoms with Crippen molar-refractivity contribution in [3.8, 4) is 0 Å². The van der Waals surface area contributed by atoms with E-state index in [1.54, 1.807) is 18.7 Å². The molecule has 0 aromatic carbocycles. The molecule has 18 heavy (non-hydrogen) atoms. The molecule has 0 spiro atoms. The standard InChI is InChI=1S/C11H17N5O2/c1-6-7(12)8(15-14-6)9(17)16-4-3-11(2,5-16)10(13)18/h3-5,12H2,1-2H3,(H2,13,18)(H,14,15). The van der Waals surface area contributed by atoms with Crippen LogP contribution in [0.3, 0.4) is 0 Å². The van der Waals surface area contributed by atoms with Crippen LogP contribution in [0.2, 0.25) is 0 Å². The van der Waals surface area contributed by atoms with Gasteiger partial charge in [-0.25, -0.2) is 0 Å². The Bertz CT molecular complexity index is 510. The SMILES string of the molecule is Cc1[nH]nc(C(=O)N2CCC(C)(C(N)=O)C2)c1N. The number of aromatic amines is 1. The normalized spacial score (nSPS) is 23.3. The lowest BCUT2D eigenvalue weighted by atomic mass is 9.89. The summed E-state index contributed by atoms with van der Waals surface area (Å²) in [4.78, 5) is 25.1. The Morgan fingerprint density at radius 3 is 2.61 bits per heavy atom. The molecule has 2 heterocycles. The van der Waals surface area contributed by atoms with Crippen molar-refractivity contribution in [1.82, 2.24) is 15.1 Å². The topological polar surface area (TPSA) is 118 Å². The number of carbonyl (C=O) groups is 2. The molecule has 1 aliphatic heterocycles. The van der Waals surface area contributed by atoms with Crippen LogP contribution in [-0.2, 0) is 4.79 Å². The molecule has 1 aliphatic rings. The average molecular weight is 251 g/mol. The zero-order valence-corrected chi connectivity index (χ0v) is 10.5. The Kier molecular flexibility index (Phi) is 2.76. The van der Waals surface area contributed by atoms with Crippen molar-refractivity contribution >= 4 is 17.5 Å². The zero-order valence-electron chi connectivity index (χ0n) is 10.5. The van der Waals surface area contributed by atoms with Gasteiger partial charge in [0.1, 0.15) is 0 Å². The Morgan fingerprint density at radius 2 is 2.17 bits per heavy atom. The minimum absolute atomic E-state index is 0.209. The van der Waals surface area contributed by atoms with Gasteiger partial charge >= 0.3 is 0 Å². The molecule has 0 radical (unpaired) electrons. The van der Waals surface area contributed by atoms with Gasteiger partial charge in [-0.2, -0.15) is 5.10 Å². The van der Waals surface area contributed by atoms with Gasteiger partial charge in [-0.1, -0.05) is 0 Å². The summed E-state index contributed by atoms with van der Waals surface area (Å²) in [6, 6.07) is 0. The molecule has 1 unspecified atom stereocenters. The first-order chi connectivity index (χ1) is 8.35. The lowest BCUT2D eigenvalue weighted by Crippen LogP contribution is -2.38. The third-order valence-corrected chi connectivity index (χ3v) is 3.55. The van der Waals surface area contributed by atoms with Crippen LogP contribution < -0.4 is 11.5 Å². The maximum atomic E-state index is 12.2. The number of nitrogens with zero attached hydrogens (tertiary/aromatic N) is 2. The van der Waals surface area contributed by atoms with E-state index < -0.39 is 5.41 Å². The largest absolute Gasteiger partial charge is 0.395 e. The van der Waals surface area contributed by atoms with Gasteiger partial charge in [0.2, 0.25) is 5.91 Å². The van der Waals surface area contributed by atoms with Crippen molar-refractivity contribution in [1.29, 1.82) is 0 Å². The quantitative estimate of drug-likeness (QED) is 0.665. The third-order valence-electron chi connectivity index (χ3n) is 3.55. The Morgan fingerprint density at radius 1 is 1.50 bits per heavy atom. The lowest BCUT2D eigenvalue weighted by Gasteiger charge is -2.20. The van der Waals surface area contributed by atoms with E-state index in [-0.39, 0.29) is 17.5 Å². The number of aryl methyl sites for hydroxylation is 1. The second-order valence-electron chi connectivity index (χ2n) is 5.01. The number of primary amides is 1. The van der Waals surface area contributed by atoms with Gasteiger partial charge in [-0.05, 0) is 20.3 Å². The number of aromatic nitrogens is 2. The molecule has 1 saturated heterocycles. The number of likely N-dealkylation sites (tertiary alicyclic amines) is 1. The summed E-state index contributed by atoms with van der Waals surface area (Å²) in [6.07, 6.45) is 0.567. The van der Waals surface area contributed by atoms with E-state index in [2.05, 4.69) is 10.2 Å². The van der Waals surface area contributed by atoms with Gasteiger partial charge in [0.15, 0.2) is 5.69 Å². The molecule has 1 atom stereocenters. The van der Waals surface area contributed by atoms with Crippen molar-refractivity contribution in [2.45, 2.75) is 20.3 Å². The van der Waals surface area contributed by atoms with E-state index >= 15 is 0 Å². The average Bonchev–Trinajstić information content (AvgIpc) is 2.85. The highest BCUT2D eigenvalue weighted by molar-refractivity contribution is 5.98. The second-order valence-corrected chi connectivity index (χ2v) is 5.01. The van der Waals surface area contributed by atoms with E-state index in [0.717, 1.165) is 0 Å². The third kappa shape index (κ3) is 1.81. The number of amides is 2. The summed E-state index contributed by atoms with van der Waals surface area (Å²) in [5, 5.41) is 6.57. The fraction of sp³-hybridized carbons (Fsp3) is 0.545. The predicted octanol–water partition coefficient (Wildman–Crippen LogP) is -0.362. The molecule has 1 aromatic rings. The van der Waals surface area contributed by atoms with Crippen LogP contribution in [0.1, 0.15) is 29.5 Å².